The molecule has 10 nitrogen and oxygen atoms in total. The highest BCUT2D eigenvalue weighted by atomic mass is 16.6. The molecule has 0 radical (unpaired) electrons. The molecule has 5 N–H and O–H groups in total. The van der Waals surface area contributed by atoms with Crippen LogP contribution in [0, 0.1) is 17.8 Å². The molecule has 3 fully saturated rings. The first-order chi connectivity index (χ1) is 16.9. The fourth-order valence-electron chi connectivity index (χ4n) is 4.84. The van der Waals surface area contributed by atoms with Gasteiger partial charge in [0.1, 0.15) is 17.7 Å². The molecule has 10 heteroatoms. The topological polar surface area (TPSA) is 157 Å². The van der Waals surface area contributed by atoms with Crippen LogP contribution in [0.1, 0.15) is 91.4 Å². The van der Waals surface area contributed by atoms with Crippen molar-refractivity contribution in [2.45, 2.75) is 115 Å². The smallest absolute Gasteiger partial charge is 0.408 e. The lowest BCUT2D eigenvalue weighted by Gasteiger charge is -2.32. The van der Waals surface area contributed by atoms with E-state index in [-0.39, 0.29) is 11.8 Å². The Bertz CT molecular complexity index is 840. The lowest BCUT2D eigenvalue weighted by atomic mass is 9.83. The van der Waals surface area contributed by atoms with Crippen LogP contribution >= 0.6 is 0 Å². The van der Waals surface area contributed by atoms with Crippen LogP contribution in [0.25, 0.3) is 0 Å². The molecule has 0 saturated heterocycles. The van der Waals surface area contributed by atoms with Crippen LogP contribution in [0.2, 0.25) is 0 Å². The van der Waals surface area contributed by atoms with Gasteiger partial charge in [-0.2, -0.15) is 0 Å². The van der Waals surface area contributed by atoms with Gasteiger partial charge in [0.2, 0.25) is 17.6 Å². The molecule has 3 atom stereocenters. The number of Topliss-reactive ketones (excluding diaryl/α,β-unsaturated/α-hetero) is 1. The van der Waals surface area contributed by atoms with Gasteiger partial charge in [0.25, 0.3) is 5.91 Å². The van der Waals surface area contributed by atoms with Gasteiger partial charge in [-0.25, -0.2) is 4.79 Å². The molecule has 202 valence electrons. The number of hydrogen-bond acceptors (Lipinski definition) is 6. The molecule has 3 saturated carbocycles. The lowest BCUT2D eigenvalue weighted by molar-refractivity contribution is -0.139. The summed E-state index contributed by atoms with van der Waals surface area (Å²) in [7, 11) is 0. The van der Waals surface area contributed by atoms with E-state index in [1.807, 2.05) is 0 Å². The third-order valence-corrected chi connectivity index (χ3v) is 7.12. The Balaban J connectivity index is 1.71. The summed E-state index contributed by atoms with van der Waals surface area (Å²) in [5.41, 5.74) is 4.49. The maximum Gasteiger partial charge on any atom is 0.408 e. The minimum atomic E-state index is -1.08. The zero-order chi connectivity index (χ0) is 26.5. The number of carbonyl (C=O) groups excluding carboxylic acids is 5. The Hall–Kier alpha value is -2.65. The standard InChI is InChI=1S/C26H42N4O6/c1-26(2,3)36-25(35)30-20(17-7-5-4-6-8-17)24(34)29-19(14-16-11-12-16)23(33)28-18(13-15-9-10-15)21(31)22(27)32/h15-20H,4-14H2,1-3H3,(H2,27,32)(H,28,33)(H,29,34)(H,30,35). The van der Waals surface area contributed by atoms with E-state index in [4.69, 9.17) is 10.5 Å². The van der Waals surface area contributed by atoms with Gasteiger partial charge in [-0.3, -0.25) is 19.2 Å². The Labute approximate surface area is 213 Å². The molecule has 3 aliphatic rings. The summed E-state index contributed by atoms with van der Waals surface area (Å²) in [6.07, 6.45) is 8.55. The van der Waals surface area contributed by atoms with Crippen LogP contribution in [0.5, 0.6) is 0 Å². The minimum absolute atomic E-state index is 0.0602. The van der Waals surface area contributed by atoms with Crippen molar-refractivity contribution in [2.75, 3.05) is 0 Å². The van der Waals surface area contributed by atoms with Crippen LogP contribution in [0.15, 0.2) is 0 Å². The normalized spacial score (nSPS) is 21.0. The van der Waals surface area contributed by atoms with Gasteiger partial charge in [0.05, 0.1) is 6.04 Å². The van der Waals surface area contributed by atoms with Gasteiger partial charge < -0.3 is 26.4 Å². The Morgan fingerprint density at radius 3 is 1.81 bits per heavy atom. The third-order valence-electron chi connectivity index (χ3n) is 7.12. The Kier molecular flexibility index (Phi) is 9.35. The van der Waals surface area contributed by atoms with E-state index in [0.29, 0.717) is 18.8 Å². The van der Waals surface area contributed by atoms with E-state index >= 15 is 0 Å². The SMILES string of the molecule is CC(C)(C)OC(=O)NC(C(=O)NC(CC1CC1)C(=O)NC(CC1CC1)C(=O)C(N)=O)C1CCCCC1. The van der Waals surface area contributed by atoms with Gasteiger partial charge in [-0.15, -0.1) is 0 Å². The molecular weight excluding hydrogens is 464 g/mol. The van der Waals surface area contributed by atoms with Crippen LogP contribution in [-0.2, 0) is 23.9 Å². The summed E-state index contributed by atoms with van der Waals surface area (Å²) in [4.78, 5) is 63.1. The maximum atomic E-state index is 13.5. The van der Waals surface area contributed by atoms with Crippen LogP contribution in [0.3, 0.4) is 0 Å². The van der Waals surface area contributed by atoms with Crippen LogP contribution in [-0.4, -0.2) is 53.3 Å². The largest absolute Gasteiger partial charge is 0.444 e. The molecule has 0 bridgehead atoms. The zero-order valence-corrected chi connectivity index (χ0v) is 21.8. The first-order valence-corrected chi connectivity index (χ1v) is 13.4. The molecule has 3 aliphatic carbocycles. The van der Waals surface area contributed by atoms with Gasteiger partial charge in [0.15, 0.2) is 0 Å². The number of alkyl carbamates (subject to hydrolysis) is 1. The molecule has 0 aromatic heterocycles. The quantitative estimate of drug-likeness (QED) is 0.297. The number of nitrogens with two attached hydrogens (primary N) is 1. The second-order valence-corrected chi connectivity index (χ2v) is 11.7. The fourth-order valence-corrected chi connectivity index (χ4v) is 4.84. The van der Waals surface area contributed by atoms with Gasteiger partial charge in [-0.05, 0) is 64.2 Å². The van der Waals surface area contributed by atoms with E-state index in [1.165, 1.54) is 0 Å². The predicted molar refractivity (Wildman–Crippen MR) is 132 cm³/mol. The van der Waals surface area contributed by atoms with Crippen LogP contribution < -0.4 is 21.7 Å². The van der Waals surface area contributed by atoms with Crippen molar-refractivity contribution in [2.24, 2.45) is 23.5 Å². The number of carbonyl (C=O) groups is 5. The molecule has 0 aromatic rings. The van der Waals surface area contributed by atoms with E-state index in [0.717, 1.165) is 57.8 Å². The van der Waals surface area contributed by atoms with E-state index < -0.39 is 53.3 Å². The first kappa shape index (κ1) is 27.9. The summed E-state index contributed by atoms with van der Waals surface area (Å²) < 4.78 is 5.39. The number of amides is 4. The number of ketones is 1. The second kappa shape index (κ2) is 12.1. The Morgan fingerprint density at radius 1 is 0.778 bits per heavy atom. The molecule has 0 heterocycles. The monoisotopic (exact) mass is 506 g/mol. The van der Waals surface area contributed by atoms with Crippen molar-refractivity contribution in [3.63, 3.8) is 0 Å². The van der Waals surface area contributed by atoms with Crippen LogP contribution in [0.4, 0.5) is 4.79 Å². The van der Waals surface area contributed by atoms with E-state index in [1.54, 1.807) is 20.8 Å². The summed E-state index contributed by atoms with van der Waals surface area (Å²) in [6.45, 7) is 5.26. The average molecular weight is 507 g/mol. The lowest BCUT2D eigenvalue weighted by Crippen LogP contribution is -2.58. The fraction of sp³-hybridized carbons (Fsp3) is 0.808. The summed E-state index contributed by atoms with van der Waals surface area (Å²) in [5.74, 6) is -2.31. The molecule has 4 amide bonds. The van der Waals surface area contributed by atoms with E-state index in [2.05, 4.69) is 16.0 Å². The maximum absolute atomic E-state index is 13.5. The summed E-state index contributed by atoms with van der Waals surface area (Å²) >= 11 is 0. The highest BCUT2D eigenvalue weighted by Gasteiger charge is 2.38. The summed E-state index contributed by atoms with van der Waals surface area (Å²) in [5, 5.41) is 8.27. The zero-order valence-electron chi connectivity index (χ0n) is 21.8. The third kappa shape index (κ3) is 9.09. The second-order valence-electron chi connectivity index (χ2n) is 11.7. The molecule has 0 aliphatic heterocycles. The molecule has 0 spiro atoms. The van der Waals surface area contributed by atoms with Gasteiger partial charge in [0, 0.05) is 0 Å². The highest BCUT2D eigenvalue weighted by molar-refractivity contribution is 6.37. The number of ether oxygens (including phenoxy) is 1. The minimum Gasteiger partial charge on any atom is -0.444 e. The van der Waals surface area contributed by atoms with Crippen molar-refractivity contribution in [1.29, 1.82) is 0 Å². The first-order valence-electron chi connectivity index (χ1n) is 13.4. The summed E-state index contributed by atoms with van der Waals surface area (Å²) in [6, 6.07) is -2.70. The van der Waals surface area contributed by atoms with E-state index in [9.17, 15) is 24.0 Å². The average Bonchev–Trinajstić information content (AvgIpc) is 3.72. The number of nitrogens with one attached hydrogen (secondary N) is 3. The van der Waals surface area contributed by atoms with Crippen molar-refractivity contribution < 1.29 is 28.7 Å². The molecular formula is C26H42N4O6. The highest BCUT2D eigenvalue weighted by Crippen LogP contribution is 2.35. The van der Waals surface area contributed by atoms with Crippen molar-refractivity contribution in [1.82, 2.24) is 16.0 Å². The molecule has 3 unspecified atom stereocenters. The van der Waals surface area contributed by atoms with Crippen molar-refractivity contribution >= 4 is 29.6 Å². The Morgan fingerprint density at radius 2 is 1.31 bits per heavy atom. The van der Waals surface area contributed by atoms with Gasteiger partial charge in [-0.1, -0.05) is 44.9 Å². The predicted octanol–water partition coefficient (Wildman–Crippen LogP) is 2.08. The number of primary amides is 1. The number of hydrogen-bond donors (Lipinski definition) is 4. The van der Waals surface area contributed by atoms with Crippen molar-refractivity contribution in [3.05, 3.63) is 0 Å². The molecule has 0 aromatic carbocycles. The molecule has 3 rings (SSSR count). The number of rotatable bonds is 12. The van der Waals surface area contributed by atoms with Crippen molar-refractivity contribution in [3.8, 4) is 0 Å². The van der Waals surface area contributed by atoms with Gasteiger partial charge >= 0.3 is 6.09 Å². The molecule has 36 heavy (non-hydrogen) atoms.